The van der Waals surface area contributed by atoms with E-state index in [1.165, 1.54) is 72.8 Å². The number of benzene rings is 2. The van der Waals surface area contributed by atoms with Gasteiger partial charge >= 0.3 is 0 Å². The van der Waals surface area contributed by atoms with Crippen molar-refractivity contribution in [3.63, 3.8) is 0 Å². The van der Waals surface area contributed by atoms with Gasteiger partial charge in [0.1, 0.15) is 0 Å². The molecule has 2 aromatic carbocycles. The summed E-state index contributed by atoms with van der Waals surface area (Å²) in [7, 11) is 0. The summed E-state index contributed by atoms with van der Waals surface area (Å²) in [6.45, 7) is 11.8. The molecule has 0 N–H and O–H groups in total. The summed E-state index contributed by atoms with van der Waals surface area (Å²) in [5, 5.41) is 0. The van der Waals surface area contributed by atoms with E-state index in [0.29, 0.717) is 0 Å². The number of fused-ring (bicyclic) bond motifs is 2. The van der Waals surface area contributed by atoms with E-state index in [1.807, 2.05) is 5.57 Å². The lowest BCUT2D eigenvalue weighted by Crippen LogP contribution is -2.25. The molecule has 0 radical (unpaired) electrons. The fourth-order valence-electron chi connectivity index (χ4n) is 8.50. The van der Waals surface area contributed by atoms with Gasteiger partial charge in [-0.25, -0.2) is 0 Å². The molecular weight excluding hydrogens is 408 g/mol. The van der Waals surface area contributed by atoms with Crippen molar-refractivity contribution in [2.75, 3.05) is 0 Å². The largest absolute Gasteiger partial charge is 0.0723 e. The summed E-state index contributed by atoms with van der Waals surface area (Å²) in [6, 6.07) is 14.0. The maximum atomic E-state index is 2.58. The molecule has 3 fully saturated rings. The normalized spacial score (nSPS) is 30.4. The van der Waals surface area contributed by atoms with E-state index >= 15 is 0 Å². The Morgan fingerprint density at radius 3 is 2.32 bits per heavy atom. The fourth-order valence-corrected chi connectivity index (χ4v) is 8.50. The van der Waals surface area contributed by atoms with Crippen molar-refractivity contribution in [3.8, 4) is 0 Å². The van der Waals surface area contributed by atoms with Crippen molar-refractivity contribution in [1.29, 1.82) is 0 Å². The fraction of sp³-hybridized carbons (Fsp3) is 0.529. The molecule has 0 nitrogen and oxygen atoms in total. The lowest BCUT2D eigenvalue weighted by atomic mass is 9.69. The lowest BCUT2D eigenvalue weighted by Gasteiger charge is -2.35. The second-order valence-electron chi connectivity index (χ2n) is 12.3. The van der Waals surface area contributed by atoms with Gasteiger partial charge in [-0.1, -0.05) is 60.5 Å². The third kappa shape index (κ3) is 3.73. The van der Waals surface area contributed by atoms with Gasteiger partial charge in [-0.2, -0.15) is 0 Å². The van der Waals surface area contributed by atoms with Gasteiger partial charge in [-0.3, -0.25) is 0 Å². The van der Waals surface area contributed by atoms with Crippen molar-refractivity contribution in [2.24, 2.45) is 29.6 Å². The van der Waals surface area contributed by atoms with Gasteiger partial charge in [0.25, 0.3) is 0 Å². The van der Waals surface area contributed by atoms with Crippen LogP contribution in [0.25, 0.3) is 5.57 Å². The maximum absolute atomic E-state index is 2.58. The second kappa shape index (κ2) is 8.54. The molecule has 0 aromatic heterocycles. The lowest BCUT2D eigenvalue weighted by molar-refractivity contribution is 0.214. The summed E-state index contributed by atoms with van der Waals surface area (Å²) in [5.74, 6) is 5.27. The average Bonchev–Trinajstić information content (AvgIpc) is 3.31. The van der Waals surface area contributed by atoms with Gasteiger partial charge in [0.2, 0.25) is 0 Å². The predicted octanol–water partition coefficient (Wildman–Crippen LogP) is 9.27. The number of rotatable bonds is 6. The van der Waals surface area contributed by atoms with E-state index in [4.69, 9.17) is 0 Å². The molecule has 0 heteroatoms. The highest BCUT2D eigenvalue weighted by atomic mass is 14.6. The maximum Gasteiger partial charge on any atom is -0.0102 e. The zero-order valence-corrected chi connectivity index (χ0v) is 22.0. The molecule has 178 valence electrons. The smallest absolute Gasteiger partial charge is 0.0102 e. The Morgan fingerprint density at radius 2 is 1.65 bits per heavy atom. The molecule has 0 heterocycles. The molecule has 5 atom stereocenters. The first-order chi connectivity index (χ1) is 16.4. The number of hydrogen-bond acceptors (Lipinski definition) is 0. The zero-order valence-electron chi connectivity index (χ0n) is 22.0. The molecule has 0 saturated heterocycles. The van der Waals surface area contributed by atoms with Gasteiger partial charge < -0.3 is 0 Å². The van der Waals surface area contributed by atoms with Gasteiger partial charge in [0.05, 0.1) is 0 Å². The minimum atomic E-state index is 0.791. The van der Waals surface area contributed by atoms with Gasteiger partial charge in [-0.05, 0) is 147 Å². The molecule has 4 aliphatic rings. The summed E-state index contributed by atoms with van der Waals surface area (Å²) >= 11 is 0. The van der Waals surface area contributed by atoms with Crippen LogP contribution in [0.2, 0.25) is 0 Å². The van der Waals surface area contributed by atoms with E-state index in [0.717, 1.165) is 35.5 Å². The highest BCUT2D eigenvalue weighted by Gasteiger charge is 2.51. The minimum Gasteiger partial charge on any atom is -0.0723 e. The molecule has 6 rings (SSSR count). The minimum absolute atomic E-state index is 0.791. The SMILES string of the molecule is Cc1ccc(C2C3CC(CCC4=C(C5CC5)CC=C4c4c(C)cccc4C)C(C3)C2C)c(C)c1. The first kappa shape index (κ1) is 22.4. The monoisotopic (exact) mass is 450 g/mol. The van der Waals surface area contributed by atoms with Crippen molar-refractivity contribution >= 4 is 5.57 Å². The molecule has 2 aromatic rings. The Labute approximate surface area is 207 Å². The van der Waals surface area contributed by atoms with E-state index < -0.39 is 0 Å². The quantitative estimate of drug-likeness (QED) is 0.411. The molecule has 0 amide bonds. The molecule has 4 aliphatic carbocycles. The Balaban J connectivity index is 1.20. The van der Waals surface area contributed by atoms with Crippen LogP contribution < -0.4 is 0 Å². The summed E-state index contributed by atoms with van der Waals surface area (Å²) in [4.78, 5) is 0. The van der Waals surface area contributed by atoms with Crippen LogP contribution in [0.5, 0.6) is 0 Å². The highest BCUT2D eigenvalue weighted by Crippen LogP contribution is 2.61. The van der Waals surface area contributed by atoms with E-state index in [9.17, 15) is 0 Å². The third-order valence-corrected chi connectivity index (χ3v) is 10.1. The molecule has 5 unspecified atom stereocenters. The van der Waals surface area contributed by atoms with Crippen molar-refractivity contribution in [1.82, 2.24) is 0 Å². The Kier molecular flexibility index (Phi) is 5.63. The Hall–Kier alpha value is -2.08. The first-order valence-electron chi connectivity index (χ1n) is 14.0. The van der Waals surface area contributed by atoms with Crippen molar-refractivity contribution in [3.05, 3.63) is 87.0 Å². The summed E-state index contributed by atoms with van der Waals surface area (Å²) in [5.41, 5.74) is 14.2. The number of allylic oxidation sites excluding steroid dienone is 4. The van der Waals surface area contributed by atoms with Gasteiger partial charge in [0, 0.05) is 0 Å². The van der Waals surface area contributed by atoms with Crippen LogP contribution in [0, 0.1) is 57.3 Å². The van der Waals surface area contributed by atoms with E-state index in [2.05, 4.69) is 77.1 Å². The van der Waals surface area contributed by atoms with Crippen LogP contribution >= 0.6 is 0 Å². The topological polar surface area (TPSA) is 0 Å². The van der Waals surface area contributed by atoms with Crippen LogP contribution in [0.15, 0.2) is 53.6 Å². The second-order valence-corrected chi connectivity index (χ2v) is 12.3. The predicted molar refractivity (Wildman–Crippen MR) is 145 cm³/mol. The van der Waals surface area contributed by atoms with E-state index in [1.54, 1.807) is 16.7 Å². The Morgan fingerprint density at radius 1 is 0.882 bits per heavy atom. The molecule has 34 heavy (non-hydrogen) atoms. The number of hydrogen-bond donors (Lipinski definition) is 0. The summed E-state index contributed by atoms with van der Waals surface area (Å²) in [6.07, 6.45) is 12.3. The standard InChI is InChI=1S/C34H42/c1-20-9-13-28(23(4)17-20)34-24(5)32-19-27(34)18-26(32)12-14-30-29(25-10-11-25)15-16-31(30)33-21(2)7-6-8-22(33)3/h6-9,13,16-17,24-27,32,34H,10-12,14-15,18-19H2,1-5H3. The van der Waals surface area contributed by atoms with Crippen LogP contribution in [0.4, 0.5) is 0 Å². The molecular formula is C34H42. The average molecular weight is 451 g/mol. The molecule has 0 aliphatic heterocycles. The van der Waals surface area contributed by atoms with Gasteiger partial charge in [0.15, 0.2) is 0 Å². The van der Waals surface area contributed by atoms with E-state index in [-0.39, 0.29) is 0 Å². The van der Waals surface area contributed by atoms with Crippen LogP contribution in [0.3, 0.4) is 0 Å². The third-order valence-electron chi connectivity index (χ3n) is 10.1. The zero-order chi connectivity index (χ0) is 23.6. The van der Waals surface area contributed by atoms with Crippen LogP contribution in [-0.2, 0) is 0 Å². The first-order valence-corrected chi connectivity index (χ1v) is 14.0. The van der Waals surface area contributed by atoms with Gasteiger partial charge in [-0.15, -0.1) is 0 Å². The highest BCUT2D eigenvalue weighted by molar-refractivity contribution is 5.85. The van der Waals surface area contributed by atoms with Crippen LogP contribution in [-0.4, -0.2) is 0 Å². The van der Waals surface area contributed by atoms with Crippen molar-refractivity contribution in [2.45, 2.75) is 85.5 Å². The number of aryl methyl sites for hydroxylation is 4. The van der Waals surface area contributed by atoms with Crippen molar-refractivity contribution < 1.29 is 0 Å². The Bertz CT molecular complexity index is 1150. The molecule has 2 bridgehead atoms. The summed E-state index contributed by atoms with van der Waals surface area (Å²) < 4.78 is 0. The molecule has 0 spiro atoms. The van der Waals surface area contributed by atoms with Crippen LogP contribution in [0.1, 0.15) is 91.2 Å². The molecule has 3 saturated carbocycles.